The van der Waals surface area contributed by atoms with Crippen molar-refractivity contribution in [3.05, 3.63) is 78.5 Å². The molecule has 5 rings (SSSR count). The van der Waals surface area contributed by atoms with E-state index in [2.05, 4.69) is 4.98 Å². The second kappa shape index (κ2) is 6.63. The van der Waals surface area contributed by atoms with Crippen LogP contribution in [0, 0.1) is 5.82 Å². The largest absolute Gasteiger partial charge is 0.300 e. The number of hydrogen-bond donors (Lipinski definition) is 0. The van der Waals surface area contributed by atoms with Gasteiger partial charge in [0.1, 0.15) is 28.6 Å². The lowest BCUT2D eigenvalue weighted by molar-refractivity contribution is -0.116. The summed E-state index contributed by atoms with van der Waals surface area (Å²) < 4.78 is 17.1. The van der Waals surface area contributed by atoms with Crippen LogP contribution >= 0.6 is 0 Å². The lowest BCUT2D eigenvalue weighted by Gasteiger charge is -2.05. The molecule has 4 heterocycles. The number of pyridine rings is 1. The molecule has 0 saturated heterocycles. The highest BCUT2D eigenvalue weighted by Gasteiger charge is 2.18. The molecule has 0 fully saturated rings. The highest BCUT2D eigenvalue weighted by molar-refractivity contribution is 5.81. The summed E-state index contributed by atoms with van der Waals surface area (Å²) in [5, 5.41) is 4.71. The van der Waals surface area contributed by atoms with E-state index >= 15 is 0 Å². The van der Waals surface area contributed by atoms with Crippen molar-refractivity contribution >= 4 is 17.1 Å². The van der Waals surface area contributed by atoms with Gasteiger partial charge in [-0.2, -0.15) is 5.10 Å². The molecule has 0 N–H and O–H groups in total. The molecule has 7 heteroatoms. The number of aromatic nitrogens is 5. The molecule has 0 radical (unpaired) electrons. The summed E-state index contributed by atoms with van der Waals surface area (Å²) >= 11 is 0. The maximum atomic E-state index is 13.4. The number of rotatable bonds is 4. The van der Waals surface area contributed by atoms with Gasteiger partial charge >= 0.3 is 0 Å². The molecule has 4 aromatic heterocycles. The number of benzene rings is 1. The van der Waals surface area contributed by atoms with Gasteiger partial charge in [-0.15, -0.1) is 0 Å². The van der Waals surface area contributed by atoms with Crippen LogP contribution in [0.4, 0.5) is 4.39 Å². The summed E-state index contributed by atoms with van der Waals surface area (Å²) in [6.45, 7) is 1.54. The number of carbonyl (C=O) groups excluding carboxylic acids is 1. The molecule has 0 aliphatic heterocycles. The Morgan fingerprint density at radius 3 is 2.62 bits per heavy atom. The van der Waals surface area contributed by atoms with E-state index in [1.165, 1.54) is 19.1 Å². The number of nitrogens with zero attached hydrogens (tertiary/aromatic N) is 5. The van der Waals surface area contributed by atoms with Crippen LogP contribution in [0.3, 0.4) is 0 Å². The van der Waals surface area contributed by atoms with Gasteiger partial charge in [-0.25, -0.2) is 18.9 Å². The Balaban J connectivity index is 1.72. The number of ketones is 1. The van der Waals surface area contributed by atoms with Crippen molar-refractivity contribution in [2.75, 3.05) is 0 Å². The normalized spacial score (nSPS) is 11.4. The Labute approximate surface area is 165 Å². The molecular formula is C22H16FN5O. The number of imidazole rings is 2. The van der Waals surface area contributed by atoms with Crippen molar-refractivity contribution < 1.29 is 9.18 Å². The number of carbonyl (C=O) groups is 1. The minimum Gasteiger partial charge on any atom is -0.300 e. The fourth-order valence-electron chi connectivity index (χ4n) is 3.45. The number of Topliss-reactive ketones (excluding diaryl/α,β-unsaturated/α-hetero) is 1. The fraction of sp³-hybridized carbons (Fsp3) is 0.0909. The van der Waals surface area contributed by atoms with Gasteiger partial charge in [0.25, 0.3) is 0 Å². The van der Waals surface area contributed by atoms with Crippen molar-refractivity contribution in [3.63, 3.8) is 0 Å². The van der Waals surface area contributed by atoms with Gasteiger partial charge in [0.15, 0.2) is 5.65 Å². The van der Waals surface area contributed by atoms with E-state index < -0.39 is 0 Å². The monoisotopic (exact) mass is 385 g/mol. The molecule has 29 heavy (non-hydrogen) atoms. The van der Waals surface area contributed by atoms with Crippen LogP contribution in [0.5, 0.6) is 0 Å². The molecule has 142 valence electrons. The van der Waals surface area contributed by atoms with Gasteiger partial charge in [-0.3, -0.25) is 9.20 Å². The van der Waals surface area contributed by atoms with Crippen molar-refractivity contribution in [1.82, 2.24) is 24.0 Å². The van der Waals surface area contributed by atoms with Crippen LogP contribution in [-0.4, -0.2) is 29.8 Å². The van der Waals surface area contributed by atoms with Crippen LogP contribution in [0.1, 0.15) is 12.6 Å². The van der Waals surface area contributed by atoms with E-state index in [1.807, 2.05) is 40.9 Å². The summed E-state index contributed by atoms with van der Waals surface area (Å²) in [6.07, 6.45) is 3.96. The second-order valence-electron chi connectivity index (χ2n) is 6.88. The maximum absolute atomic E-state index is 13.4. The first-order valence-corrected chi connectivity index (χ1v) is 9.16. The second-order valence-corrected chi connectivity index (χ2v) is 6.88. The van der Waals surface area contributed by atoms with Gasteiger partial charge < -0.3 is 0 Å². The summed E-state index contributed by atoms with van der Waals surface area (Å²) in [5.74, 6) is -0.246. The molecule has 5 aromatic rings. The molecule has 0 aliphatic rings. The first kappa shape index (κ1) is 17.2. The average molecular weight is 385 g/mol. The molecule has 0 spiro atoms. The number of halogens is 1. The Bertz CT molecular complexity index is 1370. The molecule has 0 amide bonds. The Morgan fingerprint density at radius 1 is 1.00 bits per heavy atom. The number of hydrogen-bond acceptors (Lipinski definition) is 4. The maximum Gasteiger partial charge on any atom is 0.153 e. The van der Waals surface area contributed by atoms with E-state index in [4.69, 9.17) is 10.1 Å². The first-order chi connectivity index (χ1) is 14.1. The SMILES string of the molecule is CC(=O)Cc1cn2nc(-c3c(-c4ccc(F)cc4)nc4ccccn34)ccc2n1. The third-order valence-corrected chi connectivity index (χ3v) is 4.69. The molecule has 1 aromatic carbocycles. The summed E-state index contributed by atoms with van der Waals surface area (Å²) in [6, 6.07) is 15.8. The highest BCUT2D eigenvalue weighted by atomic mass is 19.1. The average Bonchev–Trinajstić information content (AvgIpc) is 3.28. The molecular weight excluding hydrogens is 369 g/mol. The molecule has 0 saturated carbocycles. The summed E-state index contributed by atoms with van der Waals surface area (Å²) in [7, 11) is 0. The summed E-state index contributed by atoms with van der Waals surface area (Å²) in [5.41, 5.74) is 5.13. The molecule has 0 unspecified atom stereocenters. The van der Waals surface area contributed by atoms with E-state index in [0.717, 1.165) is 16.9 Å². The fourth-order valence-corrected chi connectivity index (χ4v) is 3.45. The zero-order valence-corrected chi connectivity index (χ0v) is 15.6. The third kappa shape index (κ3) is 3.06. The van der Waals surface area contributed by atoms with Crippen LogP contribution in [0.2, 0.25) is 0 Å². The minimum absolute atomic E-state index is 0.0500. The Hall–Kier alpha value is -3.87. The van der Waals surface area contributed by atoms with E-state index in [-0.39, 0.29) is 18.0 Å². The van der Waals surface area contributed by atoms with E-state index in [9.17, 15) is 9.18 Å². The molecule has 0 aliphatic carbocycles. The summed E-state index contributed by atoms with van der Waals surface area (Å²) in [4.78, 5) is 20.6. The highest BCUT2D eigenvalue weighted by Crippen LogP contribution is 2.32. The molecule has 6 nitrogen and oxygen atoms in total. The van der Waals surface area contributed by atoms with E-state index in [1.54, 1.807) is 22.8 Å². The van der Waals surface area contributed by atoms with Crippen LogP contribution in [-0.2, 0) is 11.2 Å². The smallest absolute Gasteiger partial charge is 0.153 e. The minimum atomic E-state index is -0.296. The van der Waals surface area contributed by atoms with Gasteiger partial charge in [-0.05, 0) is 55.5 Å². The molecule has 0 bridgehead atoms. The third-order valence-electron chi connectivity index (χ3n) is 4.69. The van der Waals surface area contributed by atoms with Crippen LogP contribution < -0.4 is 0 Å². The van der Waals surface area contributed by atoms with Crippen molar-refractivity contribution in [3.8, 4) is 22.6 Å². The van der Waals surface area contributed by atoms with Crippen molar-refractivity contribution in [2.24, 2.45) is 0 Å². The lowest BCUT2D eigenvalue weighted by Crippen LogP contribution is -1.97. The van der Waals surface area contributed by atoms with Gasteiger partial charge in [0, 0.05) is 11.8 Å². The number of fused-ring (bicyclic) bond motifs is 2. The molecule has 0 atom stereocenters. The predicted octanol–water partition coefficient (Wildman–Crippen LogP) is 3.98. The zero-order valence-electron chi connectivity index (χ0n) is 15.6. The Morgan fingerprint density at radius 2 is 1.83 bits per heavy atom. The van der Waals surface area contributed by atoms with Crippen LogP contribution in [0.15, 0.2) is 67.0 Å². The van der Waals surface area contributed by atoms with Crippen LogP contribution in [0.25, 0.3) is 33.9 Å². The quantitative estimate of drug-likeness (QED) is 0.469. The van der Waals surface area contributed by atoms with Gasteiger partial charge in [0.05, 0.1) is 24.0 Å². The zero-order chi connectivity index (χ0) is 20.0. The van der Waals surface area contributed by atoms with Crippen molar-refractivity contribution in [1.29, 1.82) is 0 Å². The standard InChI is InChI=1S/C22H16FN5O/c1-14(29)12-17-13-28-20(24-17)10-9-18(26-28)22-21(15-5-7-16(23)8-6-15)25-19-4-2-3-11-27(19)22/h2-11,13H,12H2,1H3. The Kier molecular flexibility index (Phi) is 3.94. The first-order valence-electron chi connectivity index (χ1n) is 9.16. The van der Waals surface area contributed by atoms with Gasteiger partial charge in [0.2, 0.25) is 0 Å². The van der Waals surface area contributed by atoms with Gasteiger partial charge in [-0.1, -0.05) is 6.07 Å². The predicted molar refractivity (Wildman–Crippen MR) is 107 cm³/mol. The lowest BCUT2D eigenvalue weighted by atomic mass is 10.1. The van der Waals surface area contributed by atoms with E-state index in [0.29, 0.717) is 22.7 Å². The topological polar surface area (TPSA) is 64.6 Å². The van der Waals surface area contributed by atoms with Crippen molar-refractivity contribution in [2.45, 2.75) is 13.3 Å².